The first-order valence-electron chi connectivity index (χ1n) is 4.29. The van der Waals surface area contributed by atoms with E-state index in [1.807, 2.05) is 16.5 Å². The van der Waals surface area contributed by atoms with E-state index < -0.39 is 4.92 Å². The first-order chi connectivity index (χ1) is 7.18. The van der Waals surface area contributed by atoms with Crippen molar-refractivity contribution >= 4 is 23.1 Å². The van der Waals surface area contributed by atoms with Crippen LogP contribution in [0.1, 0.15) is 0 Å². The van der Waals surface area contributed by atoms with Gasteiger partial charge in [0.2, 0.25) is 0 Å². The molecule has 1 aliphatic heterocycles. The second kappa shape index (κ2) is 3.92. The number of benzene rings is 1. The van der Waals surface area contributed by atoms with Crippen molar-refractivity contribution in [3.8, 4) is 0 Å². The van der Waals surface area contributed by atoms with E-state index in [4.69, 9.17) is 5.73 Å². The SMILES string of the molecule is NC1SC=CN1c1ccc([N+](=O)[O-])cc1. The van der Waals surface area contributed by atoms with E-state index in [-0.39, 0.29) is 11.2 Å². The highest BCUT2D eigenvalue weighted by molar-refractivity contribution is 8.03. The van der Waals surface area contributed by atoms with Gasteiger partial charge in [-0.15, -0.1) is 0 Å². The third-order valence-corrected chi connectivity index (χ3v) is 2.86. The number of nitrogens with two attached hydrogens (primary N) is 1. The van der Waals surface area contributed by atoms with Crippen LogP contribution in [-0.2, 0) is 0 Å². The van der Waals surface area contributed by atoms with Crippen LogP contribution in [0.2, 0.25) is 0 Å². The van der Waals surface area contributed by atoms with Crippen molar-refractivity contribution < 1.29 is 4.92 Å². The third-order valence-electron chi connectivity index (χ3n) is 2.07. The molecule has 0 fully saturated rings. The third kappa shape index (κ3) is 1.95. The Morgan fingerprint density at radius 1 is 1.40 bits per heavy atom. The summed E-state index contributed by atoms with van der Waals surface area (Å²) >= 11 is 1.50. The molecule has 0 amide bonds. The molecule has 1 unspecified atom stereocenters. The van der Waals surface area contributed by atoms with Gasteiger partial charge in [0.05, 0.1) is 4.92 Å². The largest absolute Gasteiger partial charge is 0.322 e. The van der Waals surface area contributed by atoms with E-state index in [2.05, 4.69) is 0 Å². The lowest BCUT2D eigenvalue weighted by Gasteiger charge is -2.20. The summed E-state index contributed by atoms with van der Waals surface area (Å²) in [6.07, 6.45) is 1.86. The molecule has 2 rings (SSSR count). The normalized spacial score (nSPS) is 19.5. The van der Waals surface area contributed by atoms with Gasteiger partial charge in [-0.25, -0.2) is 0 Å². The minimum absolute atomic E-state index is 0.0863. The van der Waals surface area contributed by atoms with Crippen molar-refractivity contribution in [1.29, 1.82) is 0 Å². The van der Waals surface area contributed by atoms with Gasteiger partial charge in [-0.05, 0) is 17.5 Å². The van der Waals surface area contributed by atoms with Gasteiger partial charge in [-0.3, -0.25) is 10.1 Å². The maximum absolute atomic E-state index is 10.4. The molecule has 78 valence electrons. The summed E-state index contributed by atoms with van der Waals surface area (Å²) in [6.45, 7) is 0. The number of nitrogens with zero attached hydrogens (tertiary/aromatic N) is 2. The summed E-state index contributed by atoms with van der Waals surface area (Å²) in [6, 6.07) is 6.32. The molecule has 0 aliphatic carbocycles. The monoisotopic (exact) mass is 223 g/mol. The first kappa shape index (κ1) is 10.0. The van der Waals surface area contributed by atoms with Crippen molar-refractivity contribution in [2.24, 2.45) is 5.73 Å². The maximum Gasteiger partial charge on any atom is 0.269 e. The van der Waals surface area contributed by atoms with Gasteiger partial charge < -0.3 is 10.6 Å². The Morgan fingerprint density at radius 3 is 2.53 bits per heavy atom. The second-order valence-electron chi connectivity index (χ2n) is 2.99. The Labute approximate surface area is 90.7 Å². The van der Waals surface area contributed by atoms with E-state index in [0.717, 1.165) is 5.69 Å². The Bertz CT molecular complexity index is 404. The van der Waals surface area contributed by atoms with Gasteiger partial charge in [0.15, 0.2) is 0 Å². The molecule has 2 N–H and O–H groups in total. The molecule has 15 heavy (non-hydrogen) atoms. The number of hydrogen-bond donors (Lipinski definition) is 1. The van der Waals surface area contributed by atoms with E-state index in [0.29, 0.717) is 0 Å². The molecule has 1 aromatic rings. The Hall–Kier alpha value is -1.53. The van der Waals surface area contributed by atoms with E-state index >= 15 is 0 Å². The van der Waals surface area contributed by atoms with Crippen molar-refractivity contribution in [3.05, 3.63) is 46.0 Å². The quantitative estimate of drug-likeness (QED) is 0.612. The molecule has 1 aromatic carbocycles. The summed E-state index contributed by atoms with van der Waals surface area (Å²) in [5.74, 6) is 0. The van der Waals surface area contributed by atoms with Crippen molar-refractivity contribution in [1.82, 2.24) is 0 Å². The van der Waals surface area contributed by atoms with Crippen LogP contribution in [0.5, 0.6) is 0 Å². The fourth-order valence-electron chi connectivity index (χ4n) is 1.31. The van der Waals surface area contributed by atoms with Crippen LogP contribution in [0, 0.1) is 10.1 Å². The topological polar surface area (TPSA) is 72.4 Å². The molecular weight excluding hydrogens is 214 g/mol. The van der Waals surface area contributed by atoms with Gasteiger partial charge in [0, 0.05) is 24.0 Å². The average Bonchev–Trinajstić information content (AvgIpc) is 2.65. The molecule has 1 aliphatic rings. The number of thioether (sulfide) groups is 1. The van der Waals surface area contributed by atoms with Gasteiger partial charge in [-0.1, -0.05) is 11.8 Å². The highest BCUT2D eigenvalue weighted by Gasteiger charge is 2.17. The van der Waals surface area contributed by atoms with Crippen LogP contribution >= 0.6 is 11.8 Å². The predicted octanol–water partition coefficient (Wildman–Crippen LogP) is 1.86. The number of nitro groups is 1. The maximum atomic E-state index is 10.4. The van der Waals surface area contributed by atoms with Crippen LogP contribution in [0.15, 0.2) is 35.9 Å². The summed E-state index contributed by atoms with van der Waals surface area (Å²) in [5.41, 5.74) is 6.60. The van der Waals surface area contributed by atoms with E-state index in [1.54, 1.807) is 12.1 Å². The van der Waals surface area contributed by atoms with Gasteiger partial charge in [-0.2, -0.15) is 0 Å². The fraction of sp³-hybridized carbons (Fsp3) is 0.111. The molecule has 6 heteroatoms. The van der Waals surface area contributed by atoms with Crippen molar-refractivity contribution in [2.75, 3.05) is 4.90 Å². The van der Waals surface area contributed by atoms with Gasteiger partial charge in [0.1, 0.15) is 5.50 Å². The highest BCUT2D eigenvalue weighted by atomic mass is 32.2. The zero-order chi connectivity index (χ0) is 10.8. The molecule has 1 atom stereocenters. The number of anilines is 1. The average molecular weight is 223 g/mol. The lowest BCUT2D eigenvalue weighted by molar-refractivity contribution is -0.384. The Kier molecular flexibility index (Phi) is 2.61. The zero-order valence-electron chi connectivity index (χ0n) is 7.74. The van der Waals surface area contributed by atoms with Crippen molar-refractivity contribution in [3.63, 3.8) is 0 Å². The summed E-state index contributed by atoms with van der Waals surface area (Å²) in [7, 11) is 0. The number of rotatable bonds is 2. The molecule has 0 spiro atoms. The predicted molar refractivity (Wildman–Crippen MR) is 60.3 cm³/mol. The number of non-ortho nitro benzene ring substituents is 1. The molecule has 0 saturated carbocycles. The van der Waals surface area contributed by atoms with Crippen LogP contribution in [0.25, 0.3) is 0 Å². The molecule has 1 heterocycles. The number of nitro benzene ring substituents is 1. The van der Waals surface area contributed by atoms with E-state index in [9.17, 15) is 10.1 Å². The summed E-state index contributed by atoms with van der Waals surface area (Å²) in [5, 5.41) is 12.3. The highest BCUT2D eigenvalue weighted by Crippen LogP contribution is 2.28. The molecule has 5 nitrogen and oxygen atoms in total. The van der Waals surface area contributed by atoms with E-state index in [1.165, 1.54) is 23.9 Å². The summed E-state index contributed by atoms with van der Waals surface area (Å²) in [4.78, 5) is 11.9. The summed E-state index contributed by atoms with van der Waals surface area (Å²) < 4.78 is 0. The fourth-order valence-corrected chi connectivity index (χ4v) is 2.00. The lowest BCUT2D eigenvalue weighted by atomic mass is 10.2. The van der Waals surface area contributed by atoms with Crippen LogP contribution in [0.3, 0.4) is 0 Å². The minimum atomic E-state index is -0.418. The zero-order valence-corrected chi connectivity index (χ0v) is 8.55. The molecular formula is C9H9N3O2S. The lowest BCUT2D eigenvalue weighted by Crippen LogP contribution is -2.31. The first-order valence-corrected chi connectivity index (χ1v) is 5.23. The molecule has 0 aromatic heterocycles. The van der Waals surface area contributed by atoms with Crippen molar-refractivity contribution in [2.45, 2.75) is 5.50 Å². The van der Waals surface area contributed by atoms with Crippen LogP contribution < -0.4 is 10.6 Å². The minimum Gasteiger partial charge on any atom is -0.322 e. The number of hydrogen-bond acceptors (Lipinski definition) is 5. The standard InChI is InChI=1S/C9H9N3O2S/c10-9-11(5-6-15-9)7-1-3-8(4-2-7)12(13)14/h1-6,9H,10H2. The van der Waals surface area contributed by atoms with Gasteiger partial charge >= 0.3 is 0 Å². The molecule has 0 radical (unpaired) electrons. The van der Waals surface area contributed by atoms with Crippen LogP contribution in [-0.4, -0.2) is 10.4 Å². The van der Waals surface area contributed by atoms with Crippen LogP contribution in [0.4, 0.5) is 11.4 Å². The molecule has 0 bridgehead atoms. The smallest absolute Gasteiger partial charge is 0.269 e. The Balaban J connectivity index is 2.23. The van der Waals surface area contributed by atoms with Gasteiger partial charge in [0.25, 0.3) is 5.69 Å². The Morgan fingerprint density at radius 2 is 2.07 bits per heavy atom. The molecule has 0 saturated heterocycles. The second-order valence-corrected chi connectivity index (χ2v) is 4.02.